The molecule has 0 saturated carbocycles. The second kappa shape index (κ2) is 4.32. The summed E-state index contributed by atoms with van der Waals surface area (Å²) in [6.07, 6.45) is 4.09. The highest BCUT2D eigenvalue weighted by Crippen LogP contribution is 2.30. The van der Waals surface area contributed by atoms with Crippen molar-refractivity contribution in [3.8, 4) is 0 Å². The van der Waals surface area contributed by atoms with Crippen molar-refractivity contribution in [3.05, 3.63) is 65.8 Å². The first-order valence-corrected chi connectivity index (χ1v) is 6.13. The highest BCUT2D eigenvalue weighted by molar-refractivity contribution is 6.35. The Balaban J connectivity index is 2.34. The van der Waals surface area contributed by atoms with Crippen molar-refractivity contribution in [2.24, 2.45) is 0 Å². The minimum absolute atomic E-state index is 0.112. The lowest BCUT2D eigenvalue weighted by Gasteiger charge is -2.13. The monoisotopic (exact) mass is 248 g/mol. The molecule has 0 atom stereocenters. The average molecular weight is 248 g/mol. The van der Waals surface area contributed by atoms with Crippen LogP contribution in [0.2, 0.25) is 0 Å². The molecule has 0 fully saturated rings. The van der Waals surface area contributed by atoms with Crippen LogP contribution in [0.5, 0.6) is 0 Å². The second-order valence-electron chi connectivity index (χ2n) is 4.64. The van der Waals surface area contributed by atoms with Gasteiger partial charge in [-0.1, -0.05) is 36.4 Å². The number of hydrogen-bond acceptors (Lipinski definition) is 2. The third-order valence-electron chi connectivity index (χ3n) is 3.36. The van der Waals surface area contributed by atoms with Crippen molar-refractivity contribution in [2.75, 3.05) is 0 Å². The molecule has 2 heteroatoms. The Kier molecular flexibility index (Phi) is 2.64. The van der Waals surface area contributed by atoms with E-state index in [4.69, 9.17) is 0 Å². The molecule has 0 amide bonds. The smallest absolute Gasteiger partial charge is 0.186 e. The number of fused-ring (bicyclic) bond motifs is 1. The van der Waals surface area contributed by atoms with Crippen molar-refractivity contribution in [3.63, 3.8) is 0 Å². The molecular formula is C17H12O2. The van der Waals surface area contributed by atoms with Crippen molar-refractivity contribution >= 4 is 27.9 Å². The molecular weight excluding hydrogens is 236 g/mol. The Morgan fingerprint density at radius 2 is 1.68 bits per heavy atom. The first-order valence-electron chi connectivity index (χ1n) is 6.13. The molecule has 0 aliphatic heterocycles. The lowest BCUT2D eigenvalue weighted by Crippen LogP contribution is -2.08. The highest BCUT2D eigenvalue weighted by Gasteiger charge is 2.18. The zero-order chi connectivity index (χ0) is 13.4. The van der Waals surface area contributed by atoms with Crippen LogP contribution in [-0.2, 0) is 9.59 Å². The number of ketones is 2. The molecule has 0 aromatic heterocycles. The van der Waals surface area contributed by atoms with Gasteiger partial charge in [0.15, 0.2) is 11.6 Å². The van der Waals surface area contributed by atoms with Gasteiger partial charge < -0.3 is 0 Å². The van der Waals surface area contributed by atoms with Crippen LogP contribution in [0.1, 0.15) is 11.1 Å². The van der Waals surface area contributed by atoms with Gasteiger partial charge in [0.25, 0.3) is 0 Å². The molecule has 0 N–H and O–H groups in total. The third kappa shape index (κ3) is 1.91. The fourth-order valence-electron chi connectivity index (χ4n) is 2.44. The molecule has 0 spiro atoms. The molecule has 19 heavy (non-hydrogen) atoms. The predicted molar refractivity (Wildman–Crippen MR) is 75.8 cm³/mol. The Bertz CT molecular complexity index is 764. The summed E-state index contributed by atoms with van der Waals surface area (Å²) in [5.74, 6) is -0.249. The Morgan fingerprint density at radius 1 is 0.895 bits per heavy atom. The number of carbonyl (C=O) groups excluding carboxylic acids is 2. The minimum atomic E-state index is -0.137. The van der Waals surface area contributed by atoms with E-state index in [-0.39, 0.29) is 11.6 Å². The Hall–Kier alpha value is -2.48. The fraction of sp³-hybridized carbons (Fsp3) is 0.0588. The topological polar surface area (TPSA) is 34.1 Å². The lowest BCUT2D eigenvalue weighted by atomic mass is 9.89. The second-order valence-corrected chi connectivity index (χ2v) is 4.64. The molecule has 0 bridgehead atoms. The van der Waals surface area contributed by atoms with E-state index in [1.807, 2.05) is 43.3 Å². The van der Waals surface area contributed by atoms with Gasteiger partial charge in [-0.3, -0.25) is 9.59 Å². The van der Waals surface area contributed by atoms with Gasteiger partial charge in [0.1, 0.15) is 0 Å². The first kappa shape index (κ1) is 11.6. The molecule has 2 nitrogen and oxygen atoms in total. The number of rotatable bonds is 1. The molecule has 0 saturated heterocycles. The molecule has 0 heterocycles. The molecule has 2 aromatic carbocycles. The van der Waals surface area contributed by atoms with Crippen molar-refractivity contribution in [1.82, 2.24) is 0 Å². The largest absolute Gasteiger partial charge is 0.290 e. The van der Waals surface area contributed by atoms with Crippen molar-refractivity contribution in [2.45, 2.75) is 6.92 Å². The summed E-state index contributed by atoms with van der Waals surface area (Å²) in [6.45, 7) is 1.96. The van der Waals surface area contributed by atoms with Crippen LogP contribution in [0.15, 0.2) is 54.6 Å². The average Bonchev–Trinajstić information content (AvgIpc) is 2.42. The van der Waals surface area contributed by atoms with E-state index in [9.17, 15) is 9.59 Å². The third-order valence-corrected chi connectivity index (χ3v) is 3.36. The van der Waals surface area contributed by atoms with Crippen LogP contribution in [0.4, 0.5) is 0 Å². The van der Waals surface area contributed by atoms with Crippen LogP contribution >= 0.6 is 0 Å². The highest BCUT2D eigenvalue weighted by atomic mass is 16.1. The molecule has 0 unspecified atom stereocenters. The number of hydrogen-bond donors (Lipinski definition) is 0. The molecule has 92 valence electrons. The maximum atomic E-state index is 12.0. The maximum Gasteiger partial charge on any atom is 0.186 e. The predicted octanol–water partition coefficient (Wildman–Crippen LogP) is 3.24. The van der Waals surface area contributed by atoms with Crippen molar-refractivity contribution in [1.29, 1.82) is 0 Å². The summed E-state index contributed by atoms with van der Waals surface area (Å²) in [6, 6.07) is 11.9. The number of benzene rings is 2. The summed E-state index contributed by atoms with van der Waals surface area (Å²) in [5, 5.41) is 2.07. The number of aryl methyl sites for hydroxylation is 1. The van der Waals surface area contributed by atoms with Crippen LogP contribution in [-0.4, -0.2) is 11.6 Å². The van der Waals surface area contributed by atoms with E-state index in [2.05, 4.69) is 0 Å². The summed E-state index contributed by atoms with van der Waals surface area (Å²) >= 11 is 0. The zero-order valence-corrected chi connectivity index (χ0v) is 10.5. The number of carbonyl (C=O) groups is 2. The molecule has 1 aliphatic rings. The Morgan fingerprint density at radius 3 is 2.53 bits per heavy atom. The van der Waals surface area contributed by atoms with Gasteiger partial charge in [-0.05, 0) is 47.1 Å². The van der Waals surface area contributed by atoms with Gasteiger partial charge in [0.05, 0.1) is 0 Å². The summed E-state index contributed by atoms with van der Waals surface area (Å²) < 4.78 is 0. The van der Waals surface area contributed by atoms with Gasteiger partial charge >= 0.3 is 0 Å². The van der Waals surface area contributed by atoms with Gasteiger partial charge in [-0.25, -0.2) is 0 Å². The van der Waals surface area contributed by atoms with E-state index < -0.39 is 0 Å². The van der Waals surface area contributed by atoms with E-state index >= 15 is 0 Å². The quantitative estimate of drug-likeness (QED) is 0.726. The van der Waals surface area contributed by atoms with E-state index in [1.54, 1.807) is 0 Å². The maximum absolute atomic E-state index is 12.0. The SMILES string of the molecule is Cc1ccc2ccccc2c1C1=CC(=O)C=CC1=O. The summed E-state index contributed by atoms with van der Waals surface area (Å²) in [4.78, 5) is 23.6. The first-order chi connectivity index (χ1) is 9.16. The van der Waals surface area contributed by atoms with Gasteiger partial charge in [0.2, 0.25) is 0 Å². The molecule has 1 aliphatic carbocycles. The van der Waals surface area contributed by atoms with Crippen LogP contribution in [0.25, 0.3) is 16.3 Å². The number of allylic oxidation sites excluding steroid dienone is 4. The van der Waals surface area contributed by atoms with E-state index in [1.165, 1.54) is 18.2 Å². The minimum Gasteiger partial charge on any atom is -0.290 e. The van der Waals surface area contributed by atoms with Gasteiger partial charge in [0, 0.05) is 5.57 Å². The normalized spacial score (nSPS) is 14.9. The standard InChI is InChI=1S/C17H12O2/c1-11-6-7-12-4-2-3-5-14(12)17(11)15-10-13(18)8-9-16(15)19/h2-10H,1H3. The zero-order valence-electron chi connectivity index (χ0n) is 10.5. The summed E-state index contributed by atoms with van der Waals surface area (Å²) in [5.41, 5.74) is 2.35. The van der Waals surface area contributed by atoms with Crippen LogP contribution in [0.3, 0.4) is 0 Å². The van der Waals surface area contributed by atoms with Crippen molar-refractivity contribution < 1.29 is 9.59 Å². The van der Waals surface area contributed by atoms with E-state index in [0.717, 1.165) is 21.9 Å². The van der Waals surface area contributed by atoms with Crippen LogP contribution in [0, 0.1) is 6.92 Å². The van der Waals surface area contributed by atoms with Crippen LogP contribution < -0.4 is 0 Å². The Labute approximate surface area is 111 Å². The van der Waals surface area contributed by atoms with Gasteiger partial charge in [-0.2, -0.15) is 0 Å². The molecule has 0 radical (unpaired) electrons. The summed E-state index contributed by atoms with van der Waals surface area (Å²) in [7, 11) is 0. The molecule has 2 aromatic rings. The molecule has 3 rings (SSSR count). The fourth-order valence-corrected chi connectivity index (χ4v) is 2.44. The van der Waals surface area contributed by atoms with E-state index in [0.29, 0.717) is 5.57 Å². The van der Waals surface area contributed by atoms with Gasteiger partial charge in [-0.15, -0.1) is 0 Å². The lowest BCUT2D eigenvalue weighted by molar-refractivity contribution is -0.113.